The first-order chi connectivity index (χ1) is 10.0. The zero-order valence-electron chi connectivity index (χ0n) is 13.6. The average molecular weight is 311 g/mol. The second-order valence-electron chi connectivity index (χ2n) is 6.11. The number of nitrogens with one attached hydrogen (secondary N) is 1. The summed E-state index contributed by atoms with van der Waals surface area (Å²) in [6.07, 6.45) is 1.94. The van der Waals surface area contributed by atoms with E-state index in [-0.39, 0.29) is 0 Å². The van der Waals surface area contributed by atoms with E-state index in [9.17, 15) is 0 Å². The first-order valence-electron chi connectivity index (χ1n) is 7.88. The van der Waals surface area contributed by atoms with E-state index in [2.05, 4.69) is 47.8 Å². The summed E-state index contributed by atoms with van der Waals surface area (Å²) in [6, 6.07) is 3.05. The fourth-order valence-electron chi connectivity index (χ4n) is 2.78. The summed E-state index contributed by atoms with van der Waals surface area (Å²) in [5.74, 6) is 0.924. The molecule has 1 unspecified atom stereocenters. The molecule has 1 aliphatic heterocycles. The van der Waals surface area contributed by atoms with Crippen molar-refractivity contribution in [1.29, 1.82) is 0 Å². The zero-order valence-corrected chi connectivity index (χ0v) is 14.3. The van der Waals surface area contributed by atoms with Crippen molar-refractivity contribution in [3.8, 4) is 0 Å². The van der Waals surface area contributed by atoms with Crippen LogP contribution in [0.1, 0.15) is 33.3 Å². The average Bonchev–Trinajstić information content (AvgIpc) is 2.45. The van der Waals surface area contributed by atoms with Crippen LogP contribution in [0.4, 0.5) is 5.82 Å². The van der Waals surface area contributed by atoms with Gasteiger partial charge in [-0.2, -0.15) is 0 Å². The highest BCUT2D eigenvalue weighted by atomic mass is 35.5. The molecule has 0 radical (unpaired) electrons. The molecule has 2 heterocycles. The molecule has 1 fully saturated rings. The number of nitrogens with zero attached hydrogens (tertiary/aromatic N) is 3. The summed E-state index contributed by atoms with van der Waals surface area (Å²) in [5, 5.41) is 4.15. The van der Waals surface area contributed by atoms with Gasteiger partial charge in [0.05, 0.1) is 5.02 Å². The predicted molar refractivity (Wildman–Crippen MR) is 90.1 cm³/mol. The SMILES string of the molecule is CCN1CCN(c2ncc(CNC(C)C)cc2Cl)CC1C. The summed E-state index contributed by atoms with van der Waals surface area (Å²) < 4.78 is 0. The van der Waals surface area contributed by atoms with Crippen LogP contribution in [0.3, 0.4) is 0 Å². The lowest BCUT2D eigenvalue weighted by Crippen LogP contribution is -2.52. The first-order valence-corrected chi connectivity index (χ1v) is 8.25. The van der Waals surface area contributed by atoms with Crippen LogP contribution in [-0.4, -0.2) is 48.1 Å². The number of likely N-dealkylation sites (N-methyl/N-ethyl adjacent to an activating group) is 1. The highest BCUT2D eigenvalue weighted by molar-refractivity contribution is 6.33. The van der Waals surface area contributed by atoms with Gasteiger partial charge in [-0.1, -0.05) is 32.4 Å². The number of hydrogen-bond donors (Lipinski definition) is 1. The van der Waals surface area contributed by atoms with E-state index in [4.69, 9.17) is 11.6 Å². The molecule has 1 aromatic heterocycles. The third-order valence-electron chi connectivity index (χ3n) is 4.06. The van der Waals surface area contributed by atoms with Gasteiger partial charge in [-0.05, 0) is 25.1 Å². The maximum absolute atomic E-state index is 6.45. The minimum Gasteiger partial charge on any atom is -0.353 e. The Labute approximate surface area is 133 Å². The monoisotopic (exact) mass is 310 g/mol. The number of piperazine rings is 1. The van der Waals surface area contributed by atoms with Gasteiger partial charge in [0.25, 0.3) is 0 Å². The molecule has 0 aromatic carbocycles. The highest BCUT2D eigenvalue weighted by Gasteiger charge is 2.24. The van der Waals surface area contributed by atoms with E-state index in [1.54, 1.807) is 0 Å². The van der Waals surface area contributed by atoms with E-state index in [0.29, 0.717) is 12.1 Å². The van der Waals surface area contributed by atoms with E-state index in [0.717, 1.165) is 49.1 Å². The molecule has 1 aliphatic rings. The van der Waals surface area contributed by atoms with Crippen LogP contribution in [0.25, 0.3) is 0 Å². The van der Waals surface area contributed by atoms with Crippen molar-refractivity contribution >= 4 is 17.4 Å². The molecule has 4 nitrogen and oxygen atoms in total. The molecule has 0 bridgehead atoms. The topological polar surface area (TPSA) is 31.4 Å². The van der Waals surface area contributed by atoms with Gasteiger partial charge in [0.1, 0.15) is 5.82 Å². The number of aromatic nitrogens is 1. The van der Waals surface area contributed by atoms with Gasteiger partial charge >= 0.3 is 0 Å². The van der Waals surface area contributed by atoms with E-state index in [1.807, 2.05) is 12.3 Å². The van der Waals surface area contributed by atoms with Crippen LogP contribution in [0.2, 0.25) is 5.02 Å². The second-order valence-corrected chi connectivity index (χ2v) is 6.52. The predicted octanol–water partition coefficient (Wildman–Crippen LogP) is 2.76. The Balaban J connectivity index is 2.04. The molecule has 1 aromatic rings. The van der Waals surface area contributed by atoms with E-state index < -0.39 is 0 Å². The van der Waals surface area contributed by atoms with Gasteiger partial charge in [0.2, 0.25) is 0 Å². The zero-order chi connectivity index (χ0) is 15.4. The van der Waals surface area contributed by atoms with Gasteiger partial charge in [0.15, 0.2) is 0 Å². The van der Waals surface area contributed by atoms with Crippen molar-refractivity contribution in [2.75, 3.05) is 31.1 Å². The van der Waals surface area contributed by atoms with E-state index >= 15 is 0 Å². The quantitative estimate of drug-likeness (QED) is 0.906. The minimum atomic E-state index is 0.464. The number of rotatable bonds is 5. The Bertz CT molecular complexity index is 464. The summed E-state index contributed by atoms with van der Waals surface area (Å²) in [4.78, 5) is 9.40. The van der Waals surface area contributed by atoms with Gasteiger partial charge in [-0.3, -0.25) is 4.90 Å². The number of pyridine rings is 1. The first kappa shape index (κ1) is 16.5. The molecule has 1 atom stereocenters. The van der Waals surface area contributed by atoms with Gasteiger partial charge in [0, 0.05) is 44.5 Å². The lowest BCUT2D eigenvalue weighted by atomic mass is 10.2. The van der Waals surface area contributed by atoms with Gasteiger partial charge < -0.3 is 10.2 Å². The minimum absolute atomic E-state index is 0.464. The number of hydrogen-bond acceptors (Lipinski definition) is 4. The molecule has 21 heavy (non-hydrogen) atoms. The van der Waals surface area contributed by atoms with Gasteiger partial charge in [-0.15, -0.1) is 0 Å². The molecular formula is C16H27ClN4. The molecule has 5 heteroatoms. The Hall–Kier alpha value is -0.840. The molecule has 0 amide bonds. The second kappa shape index (κ2) is 7.43. The molecule has 1 saturated heterocycles. The third-order valence-corrected chi connectivity index (χ3v) is 4.34. The molecular weight excluding hydrogens is 284 g/mol. The van der Waals surface area contributed by atoms with Gasteiger partial charge in [-0.25, -0.2) is 4.98 Å². The highest BCUT2D eigenvalue weighted by Crippen LogP contribution is 2.26. The maximum Gasteiger partial charge on any atom is 0.147 e. The van der Waals surface area contributed by atoms with Crippen LogP contribution >= 0.6 is 11.6 Å². The third kappa shape index (κ3) is 4.31. The smallest absolute Gasteiger partial charge is 0.147 e. The Morgan fingerprint density at radius 2 is 2.19 bits per heavy atom. The van der Waals surface area contributed by atoms with Crippen LogP contribution in [0.5, 0.6) is 0 Å². The van der Waals surface area contributed by atoms with Crippen LogP contribution < -0.4 is 10.2 Å². The standard InChI is InChI=1S/C16H27ClN4/c1-5-20-6-7-21(11-13(20)4)16-15(17)8-14(10-19-16)9-18-12(2)3/h8,10,12-13,18H,5-7,9,11H2,1-4H3. The van der Waals surface area contributed by atoms with E-state index in [1.165, 1.54) is 0 Å². The lowest BCUT2D eigenvalue weighted by Gasteiger charge is -2.40. The number of halogens is 1. The van der Waals surface area contributed by atoms with Crippen molar-refractivity contribution in [2.24, 2.45) is 0 Å². The Morgan fingerprint density at radius 1 is 1.43 bits per heavy atom. The lowest BCUT2D eigenvalue weighted by molar-refractivity contribution is 0.199. The molecule has 2 rings (SSSR count). The van der Waals surface area contributed by atoms with Crippen molar-refractivity contribution < 1.29 is 0 Å². The normalized spacial score (nSPS) is 20.3. The van der Waals surface area contributed by atoms with Crippen molar-refractivity contribution in [1.82, 2.24) is 15.2 Å². The van der Waals surface area contributed by atoms with Crippen molar-refractivity contribution in [3.05, 3.63) is 22.8 Å². The molecule has 1 N–H and O–H groups in total. The molecule has 0 saturated carbocycles. The summed E-state index contributed by atoms with van der Waals surface area (Å²) in [7, 11) is 0. The van der Waals surface area contributed by atoms with Crippen LogP contribution in [-0.2, 0) is 6.54 Å². The van der Waals surface area contributed by atoms with Crippen molar-refractivity contribution in [2.45, 2.75) is 46.3 Å². The van der Waals surface area contributed by atoms with Crippen molar-refractivity contribution in [3.63, 3.8) is 0 Å². The molecule has 0 spiro atoms. The summed E-state index contributed by atoms with van der Waals surface area (Å²) in [5.41, 5.74) is 1.14. The maximum atomic E-state index is 6.45. The Kier molecular flexibility index (Phi) is 5.85. The fraction of sp³-hybridized carbons (Fsp3) is 0.688. The number of anilines is 1. The summed E-state index contributed by atoms with van der Waals surface area (Å²) >= 11 is 6.45. The Morgan fingerprint density at radius 3 is 2.76 bits per heavy atom. The molecule has 0 aliphatic carbocycles. The van der Waals surface area contributed by atoms with Crippen LogP contribution in [0.15, 0.2) is 12.3 Å². The summed E-state index contributed by atoms with van der Waals surface area (Å²) in [6.45, 7) is 13.7. The fourth-order valence-corrected chi connectivity index (χ4v) is 3.09. The largest absolute Gasteiger partial charge is 0.353 e. The van der Waals surface area contributed by atoms with Crippen LogP contribution in [0, 0.1) is 0 Å². The molecule has 118 valence electrons.